The second kappa shape index (κ2) is 4.64. The fourth-order valence-corrected chi connectivity index (χ4v) is 1.92. The van der Waals surface area contributed by atoms with Crippen molar-refractivity contribution >= 4 is 16.7 Å². The van der Waals surface area contributed by atoms with E-state index in [9.17, 15) is 14.3 Å². The Labute approximate surface area is 104 Å². The van der Waals surface area contributed by atoms with Gasteiger partial charge in [0.2, 0.25) is 0 Å². The van der Waals surface area contributed by atoms with E-state index in [1.807, 2.05) is 0 Å². The Morgan fingerprint density at radius 3 is 2.78 bits per heavy atom. The third kappa shape index (κ3) is 2.14. The van der Waals surface area contributed by atoms with Crippen LogP contribution in [0.1, 0.15) is 11.1 Å². The number of fused-ring (bicyclic) bond motifs is 1. The molecular weight excluding hydrogens is 235 g/mol. The Morgan fingerprint density at radius 1 is 1.39 bits per heavy atom. The van der Waals surface area contributed by atoms with Crippen LogP contribution in [0.25, 0.3) is 10.8 Å². The number of ether oxygens (including phenoxy) is 1. The minimum absolute atomic E-state index is 0.00547. The zero-order chi connectivity index (χ0) is 13.3. The summed E-state index contributed by atoms with van der Waals surface area (Å²) in [5, 5.41) is 11.2. The second-order valence-corrected chi connectivity index (χ2v) is 4.13. The van der Waals surface area contributed by atoms with E-state index in [0.29, 0.717) is 21.9 Å². The quantitative estimate of drug-likeness (QED) is 0.831. The number of phenolic OH excluding ortho intramolecular Hbond substituents is 1. The van der Waals surface area contributed by atoms with Gasteiger partial charge in [0, 0.05) is 5.39 Å². The summed E-state index contributed by atoms with van der Waals surface area (Å²) in [4.78, 5) is 11.3. The molecule has 0 spiro atoms. The predicted molar refractivity (Wildman–Crippen MR) is 66.0 cm³/mol. The van der Waals surface area contributed by atoms with E-state index in [0.717, 1.165) is 0 Å². The molecule has 0 aromatic heterocycles. The summed E-state index contributed by atoms with van der Waals surface area (Å²) in [7, 11) is 1.31. The van der Waals surface area contributed by atoms with Crippen molar-refractivity contribution in [2.24, 2.45) is 0 Å². The van der Waals surface area contributed by atoms with E-state index in [1.165, 1.54) is 19.2 Å². The summed E-state index contributed by atoms with van der Waals surface area (Å²) in [5.74, 6) is -0.775. The van der Waals surface area contributed by atoms with Crippen molar-refractivity contribution in [2.75, 3.05) is 7.11 Å². The van der Waals surface area contributed by atoms with Crippen LogP contribution in [0, 0.1) is 12.7 Å². The van der Waals surface area contributed by atoms with Crippen molar-refractivity contribution in [3.63, 3.8) is 0 Å². The molecule has 0 saturated heterocycles. The SMILES string of the molecule is COC(=O)Cc1cc2ccc(F)cc2c(O)c1C. The van der Waals surface area contributed by atoms with Gasteiger partial charge in [0.25, 0.3) is 0 Å². The Hall–Kier alpha value is -2.10. The lowest BCUT2D eigenvalue weighted by molar-refractivity contribution is -0.139. The van der Waals surface area contributed by atoms with Gasteiger partial charge < -0.3 is 9.84 Å². The standard InChI is InChI=1S/C14H13FO3/c1-8-10(6-13(16)18-2)5-9-3-4-11(15)7-12(9)14(8)17/h3-5,7,17H,6H2,1-2H3. The number of hydrogen-bond acceptors (Lipinski definition) is 3. The van der Waals surface area contributed by atoms with Gasteiger partial charge in [-0.1, -0.05) is 12.1 Å². The molecule has 94 valence electrons. The topological polar surface area (TPSA) is 46.5 Å². The third-order valence-corrected chi connectivity index (χ3v) is 3.00. The average Bonchev–Trinajstić information content (AvgIpc) is 2.36. The van der Waals surface area contributed by atoms with E-state index in [1.54, 1.807) is 19.1 Å². The predicted octanol–water partition coefficient (Wildman–Crippen LogP) is 2.71. The van der Waals surface area contributed by atoms with Crippen LogP contribution in [0.3, 0.4) is 0 Å². The van der Waals surface area contributed by atoms with Crippen LogP contribution in [-0.4, -0.2) is 18.2 Å². The number of aromatic hydroxyl groups is 1. The molecule has 2 aromatic carbocycles. The number of methoxy groups -OCH3 is 1. The zero-order valence-corrected chi connectivity index (χ0v) is 10.2. The highest BCUT2D eigenvalue weighted by Crippen LogP contribution is 2.32. The highest BCUT2D eigenvalue weighted by molar-refractivity contribution is 5.91. The van der Waals surface area contributed by atoms with Gasteiger partial charge in [-0.3, -0.25) is 4.79 Å². The van der Waals surface area contributed by atoms with Crippen LogP contribution in [0.2, 0.25) is 0 Å². The van der Waals surface area contributed by atoms with Crippen molar-refractivity contribution in [2.45, 2.75) is 13.3 Å². The molecule has 0 saturated carbocycles. The summed E-state index contributed by atoms with van der Waals surface area (Å²) in [6.45, 7) is 1.69. The van der Waals surface area contributed by atoms with Gasteiger partial charge in [0.05, 0.1) is 13.5 Å². The van der Waals surface area contributed by atoms with Crippen LogP contribution >= 0.6 is 0 Å². The van der Waals surface area contributed by atoms with Crippen molar-refractivity contribution in [3.05, 3.63) is 41.2 Å². The van der Waals surface area contributed by atoms with E-state index in [4.69, 9.17) is 0 Å². The van der Waals surface area contributed by atoms with Crippen LogP contribution in [-0.2, 0) is 16.0 Å². The average molecular weight is 248 g/mol. The summed E-state index contributed by atoms with van der Waals surface area (Å²) in [6, 6.07) is 5.93. The highest BCUT2D eigenvalue weighted by Gasteiger charge is 2.12. The molecule has 0 fully saturated rings. The van der Waals surface area contributed by atoms with Gasteiger partial charge in [0.15, 0.2) is 0 Å². The maximum Gasteiger partial charge on any atom is 0.309 e. The largest absolute Gasteiger partial charge is 0.507 e. The number of halogens is 1. The smallest absolute Gasteiger partial charge is 0.309 e. The summed E-state index contributed by atoms with van der Waals surface area (Å²) in [6.07, 6.45) is 0.0865. The summed E-state index contributed by atoms with van der Waals surface area (Å²) in [5.41, 5.74) is 1.25. The van der Waals surface area contributed by atoms with Gasteiger partial charge in [-0.25, -0.2) is 4.39 Å². The second-order valence-electron chi connectivity index (χ2n) is 4.13. The molecule has 0 bridgehead atoms. The molecule has 0 aliphatic carbocycles. The van der Waals surface area contributed by atoms with Gasteiger partial charge in [-0.15, -0.1) is 0 Å². The molecule has 3 nitrogen and oxygen atoms in total. The Morgan fingerprint density at radius 2 is 2.11 bits per heavy atom. The minimum Gasteiger partial charge on any atom is -0.507 e. The highest BCUT2D eigenvalue weighted by atomic mass is 19.1. The molecule has 0 amide bonds. The fourth-order valence-electron chi connectivity index (χ4n) is 1.92. The van der Waals surface area contributed by atoms with Crippen LogP contribution in [0.5, 0.6) is 5.75 Å². The Bertz CT molecular complexity index is 620. The third-order valence-electron chi connectivity index (χ3n) is 3.00. The first-order valence-electron chi connectivity index (χ1n) is 5.50. The number of carbonyl (C=O) groups excluding carboxylic acids is 1. The maximum atomic E-state index is 13.1. The number of carbonyl (C=O) groups is 1. The summed E-state index contributed by atoms with van der Waals surface area (Å²) >= 11 is 0. The molecule has 0 atom stereocenters. The molecule has 2 rings (SSSR count). The molecular formula is C14H13FO3. The number of benzene rings is 2. The molecule has 0 aliphatic heterocycles. The molecule has 18 heavy (non-hydrogen) atoms. The lowest BCUT2D eigenvalue weighted by atomic mass is 9.98. The van der Waals surface area contributed by atoms with Gasteiger partial charge in [-0.05, 0) is 35.6 Å². The lowest BCUT2D eigenvalue weighted by Crippen LogP contribution is -2.06. The van der Waals surface area contributed by atoms with Crippen molar-refractivity contribution in [1.82, 2.24) is 0 Å². The van der Waals surface area contributed by atoms with Crippen molar-refractivity contribution in [3.8, 4) is 5.75 Å². The van der Waals surface area contributed by atoms with Crippen molar-refractivity contribution < 1.29 is 19.0 Å². The minimum atomic E-state index is -0.405. The summed E-state index contributed by atoms with van der Waals surface area (Å²) < 4.78 is 17.7. The first kappa shape index (κ1) is 12.4. The molecule has 0 heterocycles. The molecule has 0 aliphatic rings. The first-order chi connectivity index (χ1) is 8.52. The molecule has 0 unspecified atom stereocenters. The number of phenols is 1. The van der Waals surface area contributed by atoms with Crippen LogP contribution in [0.4, 0.5) is 4.39 Å². The zero-order valence-electron chi connectivity index (χ0n) is 10.2. The molecule has 2 aromatic rings. The van der Waals surface area contributed by atoms with Gasteiger partial charge in [0.1, 0.15) is 11.6 Å². The maximum absolute atomic E-state index is 13.1. The number of esters is 1. The molecule has 4 heteroatoms. The number of hydrogen-bond donors (Lipinski definition) is 1. The fraction of sp³-hybridized carbons (Fsp3) is 0.214. The monoisotopic (exact) mass is 248 g/mol. The number of rotatable bonds is 2. The first-order valence-corrected chi connectivity index (χ1v) is 5.50. The molecule has 1 N–H and O–H groups in total. The van der Waals surface area contributed by atoms with Gasteiger partial charge >= 0.3 is 5.97 Å². The van der Waals surface area contributed by atoms with Crippen LogP contribution < -0.4 is 0 Å². The Kier molecular flexibility index (Phi) is 3.19. The van der Waals surface area contributed by atoms with Crippen LogP contribution in [0.15, 0.2) is 24.3 Å². The van der Waals surface area contributed by atoms with E-state index >= 15 is 0 Å². The Balaban J connectivity index is 2.60. The van der Waals surface area contributed by atoms with Crippen molar-refractivity contribution in [1.29, 1.82) is 0 Å². The van der Waals surface area contributed by atoms with Gasteiger partial charge in [-0.2, -0.15) is 0 Å². The van der Waals surface area contributed by atoms with E-state index in [2.05, 4.69) is 4.74 Å². The van der Waals surface area contributed by atoms with E-state index < -0.39 is 5.82 Å². The normalized spacial score (nSPS) is 10.6. The lowest BCUT2D eigenvalue weighted by Gasteiger charge is -2.10. The van der Waals surface area contributed by atoms with E-state index in [-0.39, 0.29) is 18.1 Å². The molecule has 0 radical (unpaired) electrons.